The molecule has 2 heterocycles. The third kappa shape index (κ3) is 3.47. The van der Waals surface area contributed by atoms with Crippen LogP contribution in [0.4, 0.5) is 5.69 Å². The Labute approximate surface area is 163 Å². The molecule has 0 aliphatic carbocycles. The third-order valence-electron chi connectivity index (χ3n) is 3.94. The SMILES string of the molecule is Cc1ccc(NC(=O)c2cn3nc(-c4ccccc4)c(=O)nc3s2)cc1Cl. The predicted octanol–water partition coefficient (Wildman–Crippen LogP) is 4.03. The van der Waals surface area contributed by atoms with Crippen LogP contribution in [-0.2, 0) is 0 Å². The van der Waals surface area contributed by atoms with Crippen molar-refractivity contribution < 1.29 is 4.79 Å². The van der Waals surface area contributed by atoms with Gasteiger partial charge in [0.2, 0.25) is 4.96 Å². The summed E-state index contributed by atoms with van der Waals surface area (Å²) < 4.78 is 1.45. The van der Waals surface area contributed by atoms with Crippen molar-refractivity contribution in [1.82, 2.24) is 14.6 Å². The first-order valence-electron chi connectivity index (χ1n) is 8.05. The first-order valence-corrected chi connectivity index (χ1v) is 9.24. The predicted molar refractivity (Wildman–Crippen MR) is 107 cm³/mol. The van der Waals surface area contributed by atoms with Gasteiger partial charge in [0.05, 0.1) is 6.20 Å². The molecular formula is C19H13ClN4O2S. The summed E-state index contributed by atoms with van der Waals surface area (Å²) >= 11 is 7.19. The molecule has 0 fully saturated rings. The van der Waals surface area contributed by atoms with E-state index in [1.807, 2.05) is 31.2 Å². The molecule has 0 atom stereocenters. The van der Waals surface area contributed by atoms with E-state index >= 15 is 0 Å². The second-order valence-electron chi connectivity index (χ2n) is 5.87. The molecule has 0 aliphatic rings. The Morgan fingerprint density at radius 2 is 1.96 bits per heavy atom. The summed E-state index contributed by atoms with van der Waals surface area (Å²) in [5.41, 5.74) is 2.00. The van der Waals surface area contributed by atoms with Crippen LogP contribution >= 0.6 is 22.9 Å². The van der Waals surface area contributed by atoms with E-state index < -0.39 is 5.56 Å². The molecule has 6 nitrogen and oxygen atoms in total. The number of hydrogen-bond donors (Lipinski definition) is 1. The normalized spacial score (nSPS) is 10.9. The standard InChI is InChI=1S/C19H13ClN4O2S/c1-11-7-8-13(9-14(11)20)21-17(25)15-10-24-19(27-15)22-18(26)16(23-24)12-5-3-2-4-6-12/h2-10H,1H3,(H,21,25). The van der Waals surface area contributed by atoms with E-state index in [4.69, 9.17) is 11.6 Å². The summed E-state index contributed by atoms with van der Waals surface area (Å²) in [5, 5.41) is 7.69. The maximum Gasteiger partial charge on any atom is 0.300 e. The average molecular weight is 397 g/mol. The molecule has 27 heavy (non-hydrogen) atoms. The molecule has 0 unspecified atom stereocenters. The number of rotatable bonds is 3. The number of fused-ring (bicyclic) bond motifs is 1. The van der Waals surface area contributed by atoms with Gasteiger partial charge < -0.3 is 5.32 Å². The van der Waals surface area contributed by atoms with Gasteiger partial charge in [-0.05, 0) is 24.6 Å². The number of carbonyl (C=O) groups is 1. The number of anilines is 1. The first-order chi connectivity index (χ1) is 13.0. The molecule has 0 saturated carbocycles. The van der Waals surface area contributed by atoms with Gasteiger partial charge in [0.25, 0.3) is 5.91 Å². The topological polar surface area (TPSA) is 76.4 Å². The van der Waals surface area contributed by atoms with Gasteiger partial charge in [-0.25, -0.2) is 4.52 Å². The maximum absolute atomic E-state index is 12.5. The molecule has 8 heteroatoms. The van der Waals surface area contributed by atoms with Crippen LogP contribution in [0.25, 0.3) is 16.2 Å². The van der Waals surface area contributed by atoms with Gasteiger partial charge in [-0.15, -0.1) is 0 Å². The van der Waals surface area contributed by atoms with Gasteiger partial charge in [-0.3, -0.25) is 9.59 Å². The van der Waals surface area contributed by atoms with Crippen LogP contribution in [-0.4, -0.2) is 20.5 Å². The van der Waals surface area contributed by atoms with E-state index in [2.05, 4.69) is 15.4 Å². The van der Waals surface area contributed by atoms with Gasteiger partial charge in [0.1, 0.15) is 4.88 Å². The largest absolute Gasteiger partial charge is 0.321 e. The number of nitrogens with zero attached hydrogens (tertiary/aromatic N) is 3. The molecule has 0 bridgehead atoms. The Bertz CT molecular complexity index is 1220. The van der Waals surface area contributed by atoms with Crippen molar-refractivity contribution in [2.45, 2.75) is 6.92 Å². The summed E-state index contributed by atoms with van der Waals surface area (Å²) in [4.78, 5) is 29.6. The summed E-state index contributed by atoms with van der Waals surface area (Å²) in [6.07, 6.45) is 1.56. The molecule has 2 aromatic carbocycles. The highest BCUT2D eigenvalue weighted by Gasteiger charge is 2.15. The van der Waals surface area contributed by atoms with Gasteiger partial charge in [0.15, 0.2) is 5.69 Å². The van der Waals surface area contributed by atoms with Crippen LogP contribution in [0.15, 0.2) is 59.5 Å². The summed E-state index contributed by atoms with van der Waals surface area (Å²) in [6.45, 7) is 1.89. The highest BCUT2D eigenvalue weighted by Crippen LogP contribution is 2.22. The number of aromatic nitrogens is 3. The lowest BCUT2D eigenvalue weighted by Gasteiger charge is -2.05. The summed E-state index contributed by atoms with van der Waals surface area (Å²) in [7, 11) is 0. The minimum absolute atomic E-state index is 0.239. The Hall–Kier alpha value is -3.03. The lowest BCUT2D eigenvalue weighted by molar-refractivity contribution is 0.103. The average Bonchev–Trinajstić information content (AvgIpc) is 3.08. The van der Waals surface area contributed by atoms with Crippen LogP contribution in [0.3, 0.4) is 0 Å². The molecule has 1 amide bonds. The fourth-order valence-electron chi connectivity index (χ4n) is 2.52. The zero-order valence-electron chi connectivity index (χ0n) is 14.1. The van der Waals surface area contributed by atoms with Crippen LogP contribution in [0.1, 0.15) is 15.2 Å². The molecule has 134 valence electrons. The van der Waals surface area contributed by atoms with Gasteiger partial charge >= 0.3 is 5.56 Å². The van der Waals surface area contributed by atoms with Crippen molar-refractivity contribution in [2.24, 2.45) is 0 Å². The lowest BCUT2D eigenvalue weighted by Crippen LogP contribution is -2.14. The second kappa shape index (κ2) is 6.94. The number of amides is 1. The highest BCUT2D eigenvalue weighted by molar-refractivity contribution is 7.18. The molecule has 4 aromatic rings. The lowest BCUT2D eigenvalue weighted by atomic mass is 10.2. The minimum Gasteiger partial charge on any atom is -0.321 e. The van der Waals surface area contributed by atoms with Gasteiger partial charge in [-0.1, -0.05) is 59.3 Å². The minimum atomic E-state index is -0.430. The van der Waals surface area contributed by atoms with Crippen molar-refractivity contribution in [3.63, 3.8) is 0 Å². The molecule has 0 spiro atoms. The molecule has 1 N–H and O–H groups in total. The van der Waals surface area contributed by atoms with Crippen molar-refractivity contribution in [3.8, 4) is 11.3 Å². The third-order valence-corrected chi connectivity index (χ3v) is 5.32. The highest BCUT2D eigenvalue weighted by atomic mass is 35.5. The van der Waals surface area contributed by atoms with Crippen LogP contribution < -0.4 is 10.9 Å². The number of hydrogen-bond acceptors (Lipinski definition) is 5. The van der Waals surface area contributed by atoms with E-state index in [1.165, 1.54) is 4.52 Å². The van der Waals surface area contributed by atoms with Gasteiger partial charge in [-0.2, -0.15) is 10.1 Å². The van der Waals surface area contributed by atoms with Crippen LogP contribution in [0.5, 0.6) is 0 Å². The molecule has 0 radical (unpaired) electrons. The maximum atomic E-state index is 12.5. The van der Waals surface area contributed by atoms with E-state index in [-0.39, 0.29) is 11.6 Å². The van der Waals surface area contributed by atoms with E-state index in [9.17, 15) is 9.59 Å². The fraction of sp³-hybridized carbons (Fsp3) is 0.0526. The van der Waals surface area contributed by atoms with E-state index in [1.54, 1.807) is 30.5 Å². The van der Waals surface area contributed by atoms with Crippen molar-refractivity contribution in [3.05, 3.63) is 80.5 Å². The van der Waals surface area contributed by atoms with Gasteiger partial charge in [0, 0.05) is 16.3 Å². The van der Waals surface area contributed by atoms with Crippen molar-refractivity contribution in [2.75, 3.05) is 5.32 Å². The molecule has 0 aliphatic heterocycles. The Morgan fingerprint density at radius 1 is 1.19 bits per heavy atom. The number of aryl methyl sites for hydroxylation is 1. The first kappa shape index (κ1) is 17.4. The second-order valence-corrected chi connectivity index (χ2v) is 7.29. The monoisotopic (exact) mass is 396 g/mol. The number of carbonyl (C=O) groups excluding carboxylic acids is 1. The quantitative estimate of drug-likeness (QED) is 0.567. The molecule has 2 aromatic heterocycles. The molecular weight excluding hydrogens is 384 g/mol. The zero-order chi connectivity index (χ0) is 19.0. The van der Waals surface area contributed by atoms with E-state index in [0.717, 1.165) is 16.9 Å². The number of thiazole rings is 1. The fourth-order valence-corrected chi connectivity index (χ4v) is 3.51. The van der Waals surface area contributed by atoms with Crippen LogP contribution in [0.2, 0.25) is 5.02 Å². The summed E-state index contributed by atoms with van der Waals surface area (Å²) in [6, 6.07) is 14.4. The summed E-state index contributed by atoms with van der Waals surface area (Å²) in [5.74, 6) is -0.319. The molecule has 4 rings (SSSR count). The zero-order valence-corrected chi connectivity index (χ0v) is 15.7. The number of benzene rings is 2. The number of halogens is 1. The smallest absolute Gasteiger partial charge is 0.300 e. The van der Waals surface area contributed by atoms with Crippen LogP contribution in [0, 0.1) is 6.92 Å². The van der Waals surface area contributed by atoms with E-state index in [0.29, 0.717) is 26.1 Å². The van der Waals surface area contributed by atoms with Crippen molar-refractivity contribution >= 4 is 39.5 Å². The molecule has 0 saturated heterocycles. The Kier molecular flexibility index (Phi) is 4.47. The van der Waals surface area contributed by atoms with Crippen molar-refractivity contribution in [1.29, 1.82) is 0 Å². The Morgan fingerprint density at radius 3 is 2.70 bits per heavy atom. The Balaban J connectivity index is 1.68. The number of nitrogens with one attached hydrogen (secondary N) is 1.